The molecule has 2 aromatic heterocycles. The first kappa shape index (κ1) is 15.3. The molecule has 7 heteroatoms. The van der Waals surface area contributed by atoms with Gasteiger partial charge in [0.05, 0.1) is 4.92 Å². The van der Waals surface area contributed by atoms with Crippen LogP contribution >= 0.6 is 0 Å². The summed E-state index contributed by atoms with van der Waals surface area (Å²) in [5.74, 6) is 0.00157. The molecule has 0 radical (unpaired) electrons. The highest BCUT2D eigenvalue weighted by Crippen LogP contribution is 2.24. The van der Waals surface area contributed by atoms with Gasteiger partial charge >= 0.3 is 11.2 Å². The smallest absolute Gasteiger partial charge is 0.360 e. The molecule has 3 aromatic rings. The van der Waals surface area contributed by atoms with Gasteiger partial charge in [-0.25, -0.2) is 4.98 Å². The summed E-state index contributed by atoms with van der Waals surface area (Å²) >= 11 is 0. The fraction of sp³-hybridized carbons (Fsp3) is 0.222. The van der Waals surface area contributed by atoms with Crippen molar-refractivity contribution in [2.24, 2.45) is 0 Å². The molecular weight excluding hydrogens is 320 g/mol. The number of nitrogens with zero attached hydrogens (tertiary/aromatic N) is 3. The third kappa shape index (κ3) is 2.73. The lowest BCUT2D eigenvalue weighted by Gasteiger charge is -2.09. The number of nitrogens with one attached hydrogen (secondary N) is 1. The van der Waals surface area contributed by atoms with Crippen LogP contribution in [0.5, 0.6) is 0 Å². The normalized spacial score (nSPS) is 13.0. The predicted octanol–water partition coefficient (Wildman–Crippen LogP) is 2.70. The Kier molecular flexibility index (Phi) is 3.68. The van der Waals surface area contributed by atoms with Crippen LogP contribution in [0.3, 0.4) is 0 Å². The minimum Gasteiger partial charge on any atom is -0.360 e. The molecule has 0 unspecified atom stereocenters. The van der Waals surface area contributed by atoms with Crippen molar-refractivity contribution < 1.29 is 4.92 Å². The first-order valence-electron chi connectivity index (χ1n) is 8.14. The predicted molar refractivity (Wildman–Crippen MR) is 93.9 cm³/mol. The van der Waals surface area contributed by atoms with Crippen LogP contribution in [0.2, 0.25) is 0 Å². The van der Waals surface area contributed by atoms with Gasteiger partial charge in [0.1, 0.15) is 5.65 Å². The lowest BCUT2D eigenvalue weighted by molar-refractivity contribution is -0.385. The van der Waals surface area contributed by atoms with Crippen molar-refractivity contribution in [1.82, 2.24) is 9.38 Å². The molecule has 0 saturated heterocycles. The number of fused-ring (bicyclic) bond motifs is 2. The second-order valence-electron chi connectivity index (χ2n) is 6.11. The topological polar surface area (TPSA) is 89.5 Å². The lowest BCUT2D eigenvalue weighted by Crippen LogP contribution is -2.21. The van der Waals surface area contributed by atoms with E-state index in [0.717, 1.165) is 18.4 Å². The van der Waals surface area contributed by atoms with E-state index in [4.69, 9.17) is 0 Å². The van der Waals surface area contributed by atoms with E-state index in [2.05, 4.69) is 22.4 Å². The Morgan fingerprint density at radius 1 is 1.20 bits per heavy atom. The zero-order chi connectivity index (χ0) is 17.4. The van der Waals surface area contributed by atoms with Gasteiger partial charge in [-0.05, 0) is 48.1 Å². The molecule has 7 nitrogen and oxygen atoms in total. The van der Waals surface area contributed by atoms with Crippen LogP contribution in [0.15, 0.2) is 47.4 Å². The standard InChI is InChI=1S/C18H16N4O3/c23-18-16(22(24)25)17(20-15-6-1-2-9-21(15)18)19-11-12-7-8-13-4-3-5-14(13)10-12/h1-2,6-10,19H,3-5,11H2. The molecule has 0 spiro atoms. The molecule has 0 aliphatic heterocycles. The number of benzene rings is 1. The van der Waals surface area contributed by atoms with E-state index in [1.807, 2.05) is 6.07 Å². The number of hydrogen-bond acceptors (Lipinski definition) is 5. The molecule has 0 fully saturated rings. The minimum atomic E-state index is -0.688. The summed E-state index contributed by atoms with van der Waals surface area (Å²) in [7, 11) is 0. The van der Waals surface area contributed by atoms with Crippen molar-refractivity contribution >= 4 is 17.2 Å². The van der Waals surface area contributed by atoms with E-state index < -0.39 is 16.2 Å². The molecule has 2 heterocycles. The van der Waals surface area contributed by atoms with Crippen LogP contribution in [-0.2, 0) is 19.4 Å². The molecule has 0 atom stereocenters. The van der Waals surface area contributed by atoms with Gasteiger partial charge in [0.2, 0.25) is 5.82 Å². The van der Waals surface area contributed by atoms with Crippen LogP contribution in [0.4, 0.5) is 11.5 Å². The SMILES string of the molecule is O=c1c([N+](=O)[O-])c(NCc2ccc3c(c2)CCC3)nc2ccccn12. The summed E-state index contributed by atoms with van der Waals surface area (Å²) in [4.78, 5) is 27.3. The number of aromatic nitrogens is 2. The van der Waals surface area contributed by atoms with E-state index in [-0.39, 0.29) is 5.82 Å². The summed E-state index contributed by atoms with van der Waals surface area (Å²) in [6, 6.07) is 11.3. The van der Waals surface area contributed by atoms with Crippen molar-refractivity contribution in [3.05, 3.63) is 79.8 Å². The summed E-state index contributed by atoms with van der Waals surface area (Å²) in [6.45, 7) is 0.379. The van der Waals surface area contributed by atoms with Gasteiger partial charge in [-0.2, -0.15) is 0 Å². The third-order valence-electron chi connectivity index (χ3n) is 4.52. The summed E-state index contributed by atoms with van der Waals surface area (Å²) in [5.41, 5.74) is 2.87. The van der Waals surface area contributed by atoms with Crippen LogP contribution in [-0.4, -0.2) is 14.3 Å². The maximum Gasteiger partial charge on any atom is 0.376 e. The van der Waals surface area contributed by atoms with Gasteiger partial charge in [0, 0.05) is 12.7 Å². The van der Waals surface area contributed by atoms with Crippen molar-refractivity contribution in [2.75, 3.05) is 5.32 Å². The highest BCUT2D eigenvalue weighted by molar-refractivity contribution is 5.60. The average Bonchev–Trinajstić information content (AvgIpc) is 3.07. The van der Waals surface area contributed by atoms with Crippen LogP contribution in [0.1, 0.15) is 23.1 Å². The average molecular weight is 336 g/mol. The summed E-state index contributed by atoms with van der Waals surface area (Å²) in [6.07, 6.45) is 4.82. The molecule has 126 valence electrons. The molecule has 1 aliphatic rings. The molecule has 4 rings (SSSR count). The monoisotopic (exact) mass is 336 g/mol. The van der Waals surface area contributed by atoms with Crippen LogP contribution in [0.25, 0.3) is 5.65 Å². The van der Waals surface area contributed by atoms with Crippen molar-refractivity contribution in [2.45, 2.75) is 25.8 Å². The molecule has 0 amide bonds. The maximum absolute atomic E-state index is 12.4. The van der Waals surface area contributed by atoms with E-state index in [1.54, 1.807) is 18.2 Å². The Labute approximate surface area is 143 Å². The van der Waals surface area contributed by atoms with Crippen molar-refractivity contribution in [3.8, 4) is 0 Å². The molecule has 25 heavy (non-hydrogen) atoms. The molecule has 0 saturated carbocycles. The largest absolute Gasteiger partial charge is 0.376 e. The fourth-order valence-corrected chi connectivity index (χ4v) is 3.29. The fourth-order valence-electron chi connectivity index (χ4n) is 3.29. The van der Waals surface area contributed by atoms with Gasteiger partial charge in [-0.15, -0.1) is 0 Å². The number of pyridine rings is 1. The number of anilines is 1. The first-order valence-corrected chi connectivity index (χ1v) is 8.14. The molecule has 1 N–H and O–H groups in total. The van der Waals surface area contributed by atoms with Gasteiger partial charge in [0.25, 0.3) is 0 Å². The zero-order valence-electron chi connectivity index (χ0n) is 13.4. The van der Waals surface area contributed by atoms with Gasteiger partial charge in [-0.3, -0.25) is 19.3 Å². The molecule has 1 aromatic carbocycles. The van der Waals surface area contributed by atoms with E-state index in [1.165, 1.54) is 28.1 Å². The molecule has 0 bridgehead atoms. The van der Waals surface area contributed by atoms with Crippen LogP contribution in [0, 0.1) is 10.1 Å². The van der Waals surface area contributed by atoms with Crippen molar-refractivity contribution in [1.29, 1.82) is 0 Å². The Hall–Kier alpha value is -3.22. The van der Waals surface area contributed by atoms with Gasteiger partial charge < -0.3 is 5.32 Å². The quantitative estimate of drug-likeness (QED) is 0.584. The Morgan fingerprint density at radius 3 is 2.88 bits per heavy atom. The highest BCUT2D eigenvalue weighted by Gasteiger charge is 2.23. The van der Waals surface area contributed by atoms with Gasteiger partial charge in [-0.1, -0.05) is 24.3 Å². The van der Waals surface area contributed by atoms with Crippen molar-refractivity contribution in [3.63, 3.8) is 0 Å². The Balaban J connectivity index is 1.70. The number of nitro groups is 1. The number of hydrogen-bond donors (Lipinski definition) is 1. The molecule has 1 aliphatic carbocycles. The summed E-state index contributed by atoms with van der Waals surface area (Å²) < 4.78 is 1.18. The Bertz CT molecular complexity index is 1040. The second kappa shape index (κ2) is 6.01. The second-order valence-corrected chi connectivity index (χ2v) is 6.11. The number of rotatable bonds is 4. The maximum atomic E-state index is 12.4. The Morgan fingerprint density at radius 2 is 2.04 bits per heavy atom. The number of aryl methyl sites for hydroxylation is 2. The zero-order valence-corrected chi connectivity index (χ0v) is 13.4. The van der Waals surface area contributed by atoms with E-state index in [9.17, 15) is 14.9 Å². The lowest BCUT2D eigenvalue weighted by atomic mass is 10.1. The van der Waals surface area contributed by atoms with Crippen LogP contribution < -0.4 is 10.9 Å². The van der Waals surface area contributed by atoms with E-state index in [0.29, 0.717) is 12.2 Å². The van der Waals surface area contributed by atoms with E-state index >= 15 is 0 Å². The first-order chi connectivity index (χ1) is 12.1. The minimum absolute atomic E-state index is 0.00157. The van der Waals surface area contributed by atoms with Gasteiger partial charge in [0.15, 0.2) is 0 Å². The third-order valence-corrected chi connectivity index (χ3v) is 4.52. The summed E-state index contributed by atoms with van der Waals surface area (Å²) in [5, 5.41) is 14.3. The molecular formula is C18H16N4O3. The highest BCUT2D eigenvalue weighted by atomic mass is 16.6.